The molecule has 34 heavy (non-hydrogen) atoms. The van der Waals surface area contributed by atoms with Crippen LogP contribution in [0.5, 0.6) is 0 Å². The van der Waals surface area contributed by atoms with Crippen molar-refractivity contribution in [2.75, 3.05) is 10.2 Å². The topological polar surface area (TPSA) is 86.9 Å². The van der Waals surface area contributed by atoms with Crippen LogP contribution in [0.1, 0.15) is 45.6 Å². The van der Waals surface area contributed by atoms with Crippen LogP contribution in [0.2, 0.25) is 0 Å². The quantitative estimate of drug-likeness (QED) is 0.457. The number of carboxylic acid groups (broad SMARTS) is 1. The van der Waals surface area contributed by atoms with Crippen molar-refractivity contribution in [1.29, 1.82) is 0 Å². The van der Waals surface area contributed by atoms with Gasteiger partial charge in [-0.2, -0.15) is 0 Å². The molecule has 0 unspecified atom stereocenters. The molecule has 0 amide bonds. The van der Waals surface area contributed by atoms with Gasteiger partial charge in [0.2, 0.25) is 0 Å². The molecule has 7 nitrogen and oxygen atoms in total. The highest BCUT2D eigenvalue weighted by Crippen LogP contribution is 2.30. The van der Waals surface area contributed by atoms with E-state index in [1.54, 1.807) is 32.0 Å². The number of rotatable bonds is 5. The highest BCUT2D eigenvalue weighted by Gasteiger charge is 2.25. The van der Waals surface area contributed by atoms with E-state index >= 15 is 0 Å². The minimum atomic E-state index is -1.07. The molecule has 8 heteroatoms. The van der Waals surface area contributed by atoms with Crippen LogP contribution in [-0.2, 0) is 13.1 Å². The summed E-state index contributed by atoms with van der Waals surface area (Å²) < 4.78 is 15.8. The molecule has 1 aliphatic heterocycles. The van der Waals surface area contributed by atoms with E-state index < -0.39 is 17.8 Å². The third-order valence-corrected chi connectivity index (χ3v) is 6.26. The largest absolute Gasteiger partial charge is 0.478 e. The molecule has 4 aromatic rings. The van der Waals surface area contributed by atoms with Gasteiger partial charge in [0.05, 0.1) is 17.2 Å². The maximum absolute atomic E-state index is 14.6. The maximum Gasteiger partial charge on any atom is 0.337 e. The highest BCUT2D eigenvalue weighted by atomic mass is 19.1. The summed E-state index contributed by atoms with van der Waals surface area (Å²) in [6, 6.07) is 15.4. The average Bonchev–Trinajstić information content (AvgIpc) is 3.25. The lowest BCUT2D eigenvalue weighted by atomic mass is 10.1. The third kappa shape index (κ3) is 3.67. The van der Waals surface area contributed by atoms with Crippen LogP contribution in [0, 0.1) is 12.7 Å². The van der Waals surface area contributed by atoms with Crippen LogP contribution in [0.4, 0.5) is 15.9 Å². The molecule has 0 aliphatic carbocycles. The molecule has 1 atom stereocenters. The number of aromatic nitrogens is 2. The lowest BCUT2D eigenvalue weighted by Crippen LogP contribution is -2.27. The first-order chi connectivity index (χ1) is 16.3. The van der Waals surface area contributed by atoms with Crippen molar-refractivity contribution in [1.82, 2.24) is 9.38 Å². The van der Waals surface area contributed by atoms with Gasteiger partial charge in [0.15, 0.2) is 0 Å². The Morgan fingerprint density at radius 1 is 1.12 bits per heavy atom. The fourth-order valence-corrected chi connectivity index (χ4v) is 4.52. The molecule has 0 bridgehead atoms. The first-order valence-corrected chi connectivity index (χ1v) is 11.0. The molecule has 172 valence electrons. The van der Waals surface area contributed by atoms with Gasteiger partial charge in [0, 0.05) is 30.5 Å². The monoisotopic (exact) mass is 458 g/mol. The van der Waals surface area contributed by atoms with Crippen LogP contribution < -0.4 is 15.8 Å². The van der Waals surface area contributed by atoms with Gasteiger partial charge in [0.25, 0.3) is 5.56 Å². The van der Waals surface area contributed by atoms with E-state index in [4.69, 9.17) is 4.98 Å². The van der Waals surface area contributed by atoms with Gasteiger partial charge in [-0.1, -0.05) is 36.4 Å². The predicted octanol–water partition coefficient (Wildman–Crippen LogP) is 4.53. The van der Waals surface area contributed by atoms with Crippen LogP contribution in [0.3, 0.4) is 0 Å². The Hall–Kier alpha value is -4.20. The average molecular weight is 458 g/mol. The van der Waals surface area contributed by atoms with Gasteiger partial charge in [-0.3, -0.25) is 9.20 Å². The van der Waals surface area contributed by atoms with Crippen molar-refractivity contribution in [3.63, 3.8) is 0 Å². The Labute approximate surface area is 195 Å². The molecule has 1 aliphatic rings. The third-order valence-electron chi connectivity index (χ3n) is 6.26. The first-order valence-electron chi connectivity index (χ1n) is 11.0. The number of benzene rings is 2. The smallest absolute Gasteiger partial charge is 0.337 e. The zero-order chi connectivity index (χ0) is 24.0. The van der Waals surface area contributed by atoms with E-state index in [1.807, 2.05) is 17.0 Å². The molecule has 0 fully saturated rings. The molecule has 3 heterocycles. The fourth-order valence-electron chi connectivity index (χ4n) is 4.52. The molecule has 0 radical (unpaired) electrons. The minimum Gasteiger partial charge on any atom is -0.478 e. The van der Waals surface area contributed by atoms with Crippen molar-refractivity contribution < 1.29 is 14.3 Å². The van der Waals surface area contributed by atoms with Crippen molar-refractivity contribution >= 4 is 23.1 Å². The summed E-state index contributed by atoms with van der Waals surface area (Å²) in [5, 5.41) is 12.6. The van der Waals surface area contributed by atoms with Crippen molar-refractivity contribution in [3.05, 3.63) is 105 Å². The number of aromatic carboxylic acids is 1. The minimum absolute atomic E-state index is 0.103. The van der Waals surface area contributed by atoms with Gasteiger partial charge in [-0.05, 0) is 43.2 Å². The summed E-state index contributed by atoms with van der Waals surface area (Å²) in [5.41, 5.74) is 3.76. The van der Waals surface area contributed by atoms with E-state index in [1.165, 1.54) is 27.7 Å². The SMILES string of the molecule is Cc1c(N2Cc3ccccc3C2)nc2c([C@H](C)Nc3ccccc3C(=O)O)cc(F)cn2c1=O. The lowest BCUT2D eigenvalue weighted by molar-refractivity contribution is 0.0698. The second kappa shape index (κ2) is 8.30. The molecule has 2 aromatic heterocycles. The van der Waals surface area contributed by atoms with Crippen LogP contribution in [0.15, 0.2) is 65.6 Å². The number of para-hydroxylation sites is 1. The lowest BCUT2D eigenvalue weighted by Gasteiger charge is -2.22. The van der Waals surface area contributed by atoms with E-state index in [-0.39, 0.29) is 11.1 Å². The van der Waals surface area contributed by atoms with Crippen LogP contribution in [-0.4, -0.2) is 20.5 Å². The molecular formula is C26H23FN4O3. The number of halogens is 1. The Morgan fingerprint density at radius 3 is 2.44 bits per heavy atom. The highest BCUT2D eigenvalue weighted by molar-refractivity contribution is 5.94. The van der Waals surface area contributed by atoms with E-state index in [9.17, 15) is 19.1 Å². The molecule has 2 aromatic carbocycles. The van der Waals surface area contributed by atoms with E-state index in [0.717, 1.165) is 6.20 Å². The summed E-state index contributed by atoms with van der Waals surface area (Å²) in [6.45, 7) is 4.76. The molecule has 0 saturated heterocycles. The Balaban J connectivity index is 1.60. The maximum atomic E-state index is 14.6. The van der Waals surface area contributed by atoms with Gasteiger partial charge in [-0.15, -0.1) is 0 Å². The number of carbonyl (C=O) groups is 1. The number of anilines is 2. The summed E-state index contributed by atoms with van der Waals surface area (Å²) in [6.07, 6.45) is 1.14. The summed E-state index contributed by atoms with van der Waals surface area (Å²) in [5.74, 6) is -1.08. The Kier molecular flexibility index (Phi) is 5.28. The molecule has 0 spiro atoms. The summed E-state index contributed by atoms with van der Waals surface area (Å²) >= 11 is 0. The number of hydrogen-bond donors (Lipinski definition) is 2. The molecule has 2 N–H and O–H groups in total. The second-order valence-electron chi connectivity index (χ2n) is 8.51. The number of hydrogen-bond acceptors (Lipinski definition) is 5. The molecule has 0 saturated carbocycles. The number of nitrogens with one attached hydrogen (secondary N) is 1. The first kappa shape index (κ1) is 21.6. The molecular weight excluding hydrogens is 435 g/mol. The van der Waals surface area contributed by atoms with Gasteiger partial charge < -0.3 is 15.3 Å². The Morgan fingerprint density at radius 2 is 1.76 bits per heavy atom. The Bertz CT molecular complexity index is 1470. The standard InChI is InChI=1S/C26H23FN4O3/c1-15-23(30-12-17-7-3-4-8-18(17)13-30)29-24-21(11-19(27)14-31(24)25(15)32)16(2)28-22-10-6-5-9-20(22)26(33)34/h3-11,14,16,28H,12-13H2,1-2H3,(H,33,34)/t16-/m0/s1. The van der Waals surface area contributed by atoms with Gasteiger partial charge >= 0.3 is 5.97 Å². The predicted molar refractivity (Wildman–Crippen MR) is 128 cm³/mol. The zero-order valence-electron chi connectivity index (χ0n) is 18.7. The van der Waals surface area contributed by atoms with E-state index in [0.29, 0.717) is 41.4 Å². The van der Waals surface area contributed by atoms with Crippen molar-refractivity contribution in [2.45, 2.75) is 33.0 Å². The summed E-state index contributed by atoms with van der Waals surface area (Å²) in [4.78, 5) is 31.7. The normalized spacial score (nSPS) is 13.7. The fraction of sp³-hybridized carbons (Fsp3) is 0.192. The second-order valence-corrected chi connectivity index (χ2v) is 8.51. The zero-order valence-corrected chi connectivity index (χ0v) is 18.7. The number of nitrogens with zero attached hydrogens (tertiary/aromatic N) is 3. The summed E-state index contributed by atoms with van der Waals surface area (Å²) in [7, 11) is 0. The number of carboxylic acids is 1. The van der Waals surface area contributed by atoms with Crippen LogP contribution in [0.25, 0.3) is 5.65 Å². The van der Waals surface area contributed by atoms with Gasteiger partial charge in [0.1, 0.15) is 17.3 Å². The van der Waals surface area contributed by atoms with Crippen molar-refractivity contribution in [2.24, 2.45) is 0 Å². The van der Waals surface area contributed by atoms with Crippen LogP contribution >= 0.6 is 0 Å². The van der Waals surface area contributed by atoms with Gasteiger partial charge in [-0.25, -0.2) is 14.2 Å². The van der Waals surface area contributed by atoms with Crippen molar-refractivity contribution in [3.8, 4) is 0 Å². The number of pyridine rings is 1. The molecule has 5 rings (SSSR count). The number of fused-ring (bicyclic) bond motifs is 2. The van der Waals surface area contributed by atoms with E-state index in [2.05, 4.69) is 17.4 Å².